The molecule has 4 heteroatoms. The monoisotopic (exact) mass is 314 g/mol. The molecule has 4 nitrogen and oxygen atoms in total. The van der Waals surface area contributed by atoms with Crippen molar-refractivity contribution >= 4 is 0 Å². The Hall–Kier alpha value is -1.78. The lowest BCUT2D eigenvalue weighted by Crippen LogP contribution is -2.40. The van der Waals surface area contributed by atoms with Gasteiger partial charge >= 0.3 is 0 Å². The van der Waals surface area contributed by atoms with E-state index in [-0.39, 0.29) is 0 Å². The number of ether oxygens (including phenoxy) is 1. The van der Waals surface area contributed by atoms with Crippen molar-refractivity contribution in [3.05, 3.63) is 54.0 Å². The molecule has 1 saturated carbocycles. The van der Waals surface area contributed by atoms with Crippen LogP contribution in [0.3, 0.4) is 0 Å². The molecule has 23 heavy (non-hydrogen) atoms. The summed E-state index contributed by atoms with van der Waals surface area (Å²) in [5.41, 5.74) is 7.37. The topological polar surface area (TPSA) is 51.6 Å². The first-order valence-corrected chi connectivity index (χ1v) is 8.39. The fourth-order valence-electron chi connectivity index (χ4n) is 3.35. The quantitative estimate of drug-likeness (QED) is 0.886. The highest BCUT2D eigenvalue weighted by Crippen LogP contribution is 2.26. The fraction of sp³-hybridized carbons (Fsp3) is 0.474. The van der Waals surface area contributed by atoms with Gasteiger partial charge in [-0.2, -0.15) is 0 Å². The van der Waals surface area contributed by atoms with Gasteiger partial charge in [0, 0.05) is 18.6 Å². The summed E-state index contributed by atoms with van der Waals surface area (Å²) in [7, 11) is 1.70. The third-order valence-corrected chi connectivity index (χ3v) is 4.74. The van der Waals surface area contributed by atoms with Crippen LogP contribution in [0.25, 0.3) is 0 Å². The van der Waals surface area contributed by atoms with Gasteiger partial charge in [0.25, 0.3) is 0 Å². The van der Waals surface area contributed by atoms with E-state index in [9.17, 15) is 0 Å². The summed E-state index contributed by atoms with van der Waals surface area (Å²) in [6, 6.07) is 13.3. The highest BCUT2D eigenvalue weighted by molar-refractivity contribution is 5.27. The molecule has 0 spiro atoms. The van der Waals surface area contributed by atoms with Crippen molar-refractivity contribution in [1.29, 1.82) is 0 Å². The van der Waals surface area contributed by atoms with Crippen LogP contribution in [0.2, 0.25) is 0 Å². The number of benzene rings is 1. The maximum Gasteiger partial charge on any atom is 0.118 e. The minimum Gasteiger partial charge on any atom is -0.497 e. The molecule has 1 fully saturated rings. The van der Waals surface area contributed by atoms with Gasteiger partial charge in [-0.15, -0.1) is 0 Å². The van der Waals surface area contributed by atoms with E-state index in [1.807, 2.05) is 18.2 Å². The Morgan fingerprint density at radius 2 is 1.83 bits per heavy atom. The van der Waals surface area contributed by atoms with Crippen molar-refractivity contribution in [2.45, 2.75) is 50.9 Å². The first-order chi connectivity index (χ1) is 11.2. The van der Waals surface area contributed by atoms with Gasteiger partial charge in [0.05, 0.1) is 19.9 Å². The average Bonchev–Trinajstić information content (AvgIpc) is 3.09. The van der Waals surface area contributed by atoms with Gasteiger partial charge in [0.1, 0.15) is 11.5 Å². The Labute approximate surface area is 138 Å². The van der Waals surface area contributed by atoms with Crippen molar-refractivity contribution in [2.24, 2.45) is 5.73 Å². The Kier molecular flexibility index (Phi) is 5.36. The molecule has 0 saturated heterocycles. The summed E-state index contributed by atoms with van der Waals surface area (Å²) < 4.78 is 10.8. The first-order valence-electron chi connectivity index (χ1n) is 8.39. The zero-order valence-electron chi connectivity index (χ0n) is 13.8. The molecule has 0 bridgehead atoms. The van der Waals surface area contributed by atoms with Crippen LogP contribution in [0, 0.1) is 0 Å². The predicted octanol–water partition coefficient (Wildman–Crippen LogP) is 3.56. The lowest BCUT2D eigenvalue weighted by molar-refractivity contribution is 0.125. The molecule has 1 aliphatic rings. The second-order valence-electron chi connectivity index (χ2n) is 6.40. The van der Waals surface area contributed by atoms with E-state index in [1.54, 1.807) is 13.4 Å². The number of rotatable bonds is 6. The van der Waals surface area contributed by atoms with Gasteiger partial charge < -0.3 is 14.9 Å². The summed E-state index contributed by atoms with van der Waals surface area (Å²) in [4.78, 5) is 2.52. The second kappa shape index (κ2) is 7.66. The van der Waals surface area contributed by atoms with E-state index < -0.39 is 0 Å². The lowest BCUT2D eigenvalue weighted by atomic mass is 9.90. The predicted molar refractivity (Wildman–Crippen MR) is 91.2 cm³/mol. The summed E-state index contributed by atoms with van der Waals surface area (Å²) in [6.45, 7) is 1.77. The lowest BCUT2D eigenvalue weighted by Gasteiger charge is -2.35. The molecule has 0 radical (unpaired) electrons. The minimum absolute atomic E-state index is 0.373. The van der Waals surface area contributed by atoms with Gasteiger partial charge in [0.15, 0.2) is 0 Å². The number of methoxy groups -OCH3 is 1. The van der Waals surface area contributed by atoms with Crippen LogP contribution in [0.1, 0.15) is 37.0 Å². The molecule has 1 heterocycles. The van der Waals surface area contributed by atoms with Crippen molar-refractivity contribution in [3.8, 4) is 5.75 Å². The third-order valence-electron chi connectivity index (χ3n) is 4.74. The molecule has 1 aliphatic carbocycles. The standard InChI is InChI=1S/C19H26N2O2/c1-22-18-10-4-15(5-11-18)13-21(14-19-3-2-12-23-19)17-8-6-16(20)7-9-17/h2-5,10-12,16-17H,6-9,13-14,20H2,1H3. The Bertz CT molecular complexity index is 572. The molecule has 2 aromatic rings. The normalized spacial score (nSPS) is 21.5. The molecular formula is C19H26N2O2. The molecular weight excluding hydrogens is 288 g/mol. The maximum absolute atomic E-state index is 6.07. The van der Waals surface area contributed by atoms with E-state index in [0.717, 1.165) is 50.3 Å². The number of hydrogen-bond acceptors (Lipinski definition) is 4. The summed E-state index contributed by atoms with van der Waals surface area (Å²) in [5, 5.41) is 0. The van der Waals surface area contributed by atoms with Crippen LogP contribution < -0.4 is 10.5 Å². The highest BCUT2D eigenvalue weighted by atomic mass is 16.5. The molecule has 3 rings (SSSR count). The van der Waals surface area contributed by atoms with Crippen molar-refractivity contribution in [2.75, 3.05) is 7.11 Å². The zero-order valence-corrected chi connectivity index (χ0v) is 13.8. The maximum atomic E-state index is 6.07. The summed E-state index contributed by atoms with van der Waals surface area (Å²) in [5.74, 6) is 1.92. The first kappa shape index (κ1) is 16.1. The van der Waals surface area contributed by atoms with Gasteiger partial charge in [-0.3, -0.25) is 4.90 Å². The smallest absolute Gasteiger partial charge is 0.118 e. The van der Waals surface area contributed by atoms with Crippen molar-refractivity contribution < 1.29 is 9.15 Å². The molecule has 1 aromatic carbocycles. The summed E-state index contributed by atoms with van der Waals surface area (Å²) in [6.07, 6.45) is 6.30. The van der Waals surface area contributed by atoms with Crippen LogP contribution in [-0.2, 0) is 13.1 Å². The van der Waals surface area contributed by atoms with E-state index in [0.29, 0.717) is 12.1 Å². The van der Waals surface area contributed by atoms with Crippen LogP contribution in [-0.4, -0.2) is 24.1 Å². The summed E-state index contributed by atoms with van der Waals surface area (Å²) >= 11 is 0. The highest BCUT2D eigenvalue weighted by Gasteiger charge is 2.25. The number of nitrogens with zero attached hydrogens (tertiary/aromatic N) is 1. The molecule has 1 aromatic heterocycles. The van der Waals surface area contributed by atoms with Gasteiger partial charge in [0.2, 0.25) is 0 Å². The third kappa shape index (κ3) is 4.36. The molecule has 0 unspecified atom stereocenters. The van der Waals surface area contributed by atoms with E-state index >= 15 is 0 Å². The molecule has 0 aliphatic heterocycles. The fourth-order valence-corrected chi connectivity index (χ4v) is 3.35. The largest absolute Gasteiger partial charge is 0.497 e. The number of nitrogens with two attached hydrogens (primary N) is 1. The van der Waals surface area contributed by atoms with E-state index in [2.05, 4.69) is 23.1 Å². The van der Waals surface area contributed by atoms with Crippen molar-refractivity contribution in [1.82, 2.24) is 4.90 Å². The van der Waals surface area contributed by atoms with Gasteiger partial charge in [-0.05, 0) is 55.5 Å². The minimum atomic E-state index is 0.373. The average molecular weight is 314 g/mol. The number of furan rings is 1. The Morgan fingerprint density at radius 1 is 1.09 bits per heavy atom. The van der Waals surface area contributed by atoms with Crippen LogP contribution in [0.4, 0.5) is 0 Å². The number of hydrogen-bond donors (Lipinski definition) is 1. The Balaban J connectivity index is 1.70. The van der Waals surface area contributed by atoms with E-state index in [4.69, 9.17) is 14.9 Å². The van der Waals surface area contributed by atoms with Crippen LogP contribution in [0.5, 0.6) is 5.75 Å². The molecule has 0 atom stereocenters. The van der Waals surface area contributed by atoms with Crippen LogP contribution in [0.15, 0.2) is 47.1 Å². The van der Waals surface area contributed by atoms with Gasteiger partial charge in [-0.25, -0.2) is 0 Å². The van der Waals surface area contributed by atoms with Crippen molar-refractivity contribution in [3.63, 3.8) is 0 Å². The second-order valence-corrected chi connectivity index (χ2v) is 6.40. The SMILES string of the molecule is COc1ccc(CN(Cc2ccco2)C2CCC(N)CC2)cc1. The molecule has 2 N–H and O–H groups in total. The molecule has 124 valence electrons. The van der Waals surface area contributed by atoms with Gasteiger partial charge in [-0.1, -0.05) is 12.1 Å². The van der Waals surface area contributed by atoms with E-state index in [1.165, 1.54) is 5.56 Å². The van der Waals surface area contributed by atoms with Crippen LogP contribution >= 0.6 is 0 Å². The zero-order chi connectivity index (χ0) is 16.1. The molecule has 0 amide bonds. The Morgan fingerprint density at radius 3 is 2.43 bits per heavy atom.